The van der Waals surface area contributed by atoms with E-state index in [1.54, 1.807) is 23.1 Å². The van der Waals surface area contributed by atoms with Gasteiger partial charge in [-0.25, -0.2) is 9.18 Å². The number of hydrogen-bond donors (Lipinski definition) is 2. The van der Waals surface area contributed by atoms with Gasteiger partial charge in [0, 0.05) is 43.4 Å². The Kier molecular flexibility index (Phi) is 21.8. The van der Waals surface area contributed by atoms with Gasteiger partial charge in [0.2, 0.25) is 5.79 Å². The summed E-state index contributed by atoms with van der Waals surface area (Å²) in [5.41, 5.74) is 5.93. The maximum absolute atomic E-state index is 15.1. The molecule has 12 heteroatoms. The minimum Gasteiger partial charge on any atom is -0.487 e. The quantitative estimate of drug-likeness (QED) is 0.0287. The third kappa shape index (κ3) is 15.0. The maximum atomic E-state index is 15.1. The van der Waals surface area contributed by atoms with Gasteiger partial charge in [-0.1, -0.05) is 143 Å². The number of oxime groups is 1. The van der Waals surface area contributed by atoms with Crippen molar-refractivity contribution >= 4 is 11.8 Å². The number of amides is 1. The fraction of sp³-hybridized carbons (Fsp3) is 0.525. The molecule has 0 saturated heterocycles. The molecule has 4 aromatic rings. The van der Waals surface area contributed by atoms with E-state index >= 15 is 4.79 Å². The number of fused-ring (bicyclic) bond motifs is 2. The minimum absolute atomic E-state index is 0.0149. The second kappa shape index (κ2) is 28.8. The average molecular weight is 1000 g/mol. The fourth-order valence-electron chi connectivity index (χ4n) is 11.3. The Hall–Kier alpha value is -5.56. The van der Waals surface area contributed by atoms with Gasteiger partial charge in [0.05, 0.1) is 30.5 Å². The van der Waals surface area contributed by atoms with Gasteiger partial charge in [-0.05, 0) is 110 Å². The number of aliphatic hydroxyl groups is 2. The number of aryl methyl sites for hydroxylation is 1. The lowest BCUT2D eigenvalue weighted by molar-refractivity contribution is -0.256. The van der Waals surface area contributed by atoms with Crippen molar-refractivity contribution in [3.63, 3.8) is 0 Å². The lowest BCUT2D eigenvalue weighted by atomic mass is 9.55. The summed E-state index contributed by atoms with van der Waals surface area (Å²) >= 11 is 0. The van der Waals surface area contributed by atoms with Crippen molar-refractivity contribution in [3.8, 4) is 11.5 Å². The number of benzene rings is 3. The van der Waals surface area contributed by atoms with Gasteiger partial charge in [0.1, 0.15) is 36.6 Å². The zero-order chi connectivity index (χ0) is 51.3. The normalized spacial score (nSPS) is 21.4. The third-order valence-corrected chi connectivity index (χ3v) is 14.8. The van der Waals surface area contributed by atoms with Gasteiger partial charge >= 0.3 is 6.09 Å². The fourth-order valence-corrected chi connectivity index (χ4v) is 11.3. The Morgan fingerprint density at radius 1 is 0.849 bits per heavy atom. The summed E-state index contributed by atoms with van der Waals surface area (Å²) < 4.78 is 42.0. The number of hydrogen-bond acceptors (Lipinski definition) is 10. The van der Waals surface area contributed by atoms with E-state index in [9.17, 15) is 14.6 Å². The Bertz CT molecular complexity index is 2380. The topological polar surface area (TPSA) is 132 Å². The highest BCUT2D eigenvalue weighted by Gasteiger charge is 2.65. The summed E-state index contributed by atoms with van der Waals surface area (Å²) in [6.07, 6.45) is 19.7. The number of ether oxygens (including phenoxy) is 4. The van der Waals surface area contributed by atoms with Crippen LogP contribution in [0.25, 0.3) is 0 Å². The van der Waals surface area contributed by atoms with Gasteiger partial charge in [-0.2, -0.15) is 0 Å². The van der Waals surface area contributed by atoms with Crippen LogP contribution in [-0.2, 0) is 34.1 Å². The van der Waals surface area contributed by atoms with Crippen LogP contribution in [0.5, 0.6) is 11.5 Å². The Morgan fingerprint density at radius 2 is 1.58 bits per heavy atom. The minimum atomic E-state index is -1.51. The van der Waals surface area contributed by atoms with Crippen molar-refractivity contribution in [1.82, 2.24) is 9.88 Å². The van der Waals surface area contributed by atoms with E-state index in [0.29, 0.717) is 35.6 Å². The number of aliphatic hydroxyl groups excluding tert-OH is 2. The average Bonchev–Trinajstić information content (AvgIpc) is 3.40. The Labute approximate surface area is 433 Å². The van der Waals surface area contributed by atoms with Crippen molar-refractivity contribution in [2.45, 2.75) is 161 Å². The third-order valence-electron chi connectivity index (χ3n) is 14.8. The van der Waals surface area contributed by atoms with E-state index < -0.39 is 23.8 Å². The summed E-state index contributed by atoms with van der Waals surface area (Å²) in [5.74, 6) is -1.35. The second-order valence-electron chi connectivity index (χ2n) is 20.1. The molecule has 0 spiro atoms. The zero-order valence-electron chi connectivity index (χ0n) is 43.4. The molecule has 6 atom stereocenters. The molecule has 0 radical (unpaired) electrons. The van der Waals surface area contributed by atoms with Crippen molar-refractivity contribution in [2.75, 3.05) is 26.4 Å². The van der Waals surface area contributed by atoms with Gasteiger partial charge in [0.15, 0.2) is 0 Å². The highest BCUT2D eigenvalue weighted by atomic mass is 19.1. The molecule has 1 saturated carbocycles. The van der Waals surface area contributed by atoms with Gasteiger partial charge in [-0.15, -0.1) is 6.58 Å². The number of pyridine rings is 1. The van der Waals surface area contributed by atoms with E-state index in [2.05, 4.69) is 30.6 Å². The molecule has 394 valence electrons. The predicted molar refractivity (Wildman–Crippen MR) is 285 cm³/mol. The highest BCUT2D eigenvalue weighted by molar-refractivity contribution is 6.03. The molecule has 73 heavy (non-hydrogen) atoms. The first-order valence-electron chi connectivity index (χ1n) is 27.3. The standard InChI is InChI=1S/C61H80FN3O8/c1-4-6-7-8-9-10-11-12-13-21-38-69-60(68)65(42-46-29-31-49(62)32-30-46)57-41-55(64-72-43-47-24-15-14-16-25-47)53-39-48(26-17-19-35-66)52(28-18-20-36-67)58-54-40-51(70-44-50-27-22-23-45(3)63-50)33-34-56(54)73-61(57,59(53)58)71-37-5-2/h5,14-16,22-25,27,29-34,39-40,48,52,57-59,66-67H,2,4,6-13,17-21,26,28,35-38,41-44H2,1,3H3/t48-,52+,57-,58+,59+,61+/m0/s1. The molecule has 1 aromatic heterocycles. The number of carbonyl (C=O) groups excluding carboxylic acids is 1. The van der Waals surface area contributed by atoms with Crippen LogP contribution in [0.15, 0.2) is 120 Å². The smallest absolute Gasteiger partial charge is 0.410 e. The summed E-state index contributed by atoms with van der Waals surface area (Å²) in [4.78, 5) is 27.8. The summed E-state index contributed by atoms with van der Waals surface area (Å²) in [7, 11) is 0. The molecule has 1 aliphatic heterocycles. The summed E-state index contributed by atoms with van der Waals surface area (Å²) in [6, 6.07) is 27.1. The van der Waals surface area contributed by atoms with Crippen LogP contribution in [-0.4, -0.2) is 70.2 Å². The van der Waals surface area contributed by atoms with Crippen LogP contribution in [0, 0.1) is 30.5 Å². The highest BCUT2D eigenvalue weighted by Crippen LogP contribution is 2.62. The number of halogens is 1. The molecule has 1 amide bonds. The molecule has 2 aliphatic carbocycles. The Balaban J connectivity index is 1.33. The lowest BCUT2D eigenvalue weighted by Gasteiger charge is -2.59. The largest absolute Gasteiger partial charge is 0.487 e. The number of allylic oxidation sites excluding steroid dienone is 1. The van der Waals surface area contributed by atoms with Crippen molar-refractivity contribution in [3.05, 3.63) is 149 Å². The first-order chi connectivity index (χ1) is 35.8. The molecule has 3 aliphatic rings. The molecule has 11 nitrogen and oxygen atoms in total. The number of rotatable bonds is 31. The van der Waals surface area contributed by atoms with Crippen LogP contribution in [0.1, 0.15) is 150 Å². The molecular weight excluding hydrogens is 922 g/mol. The van der Waals surface area contributed by atoms with E-state index in [4.69, 9.17) is 28.9 Å². The summed E-state index contributed by atoms with van der Waals surface area (Å²) in [5, 5.41) is 25.1. The van der Waals surface area contributed by atoms with E-state index in [0.717, 1.165) is 79.5 Å². The van der Waals surface area contributed by atoms with E-state index in [1.807, 2.05) is 67.6 Å². The van der Waals surface area contributed by atoms with Crippen LogP contribution in [0.4, 0.5) is 9.18 Å². The van der Waals surface area contributed by atoms with E-state index in [1.165, 1.54) is 50.7 Å². The van der Waals surface area contributed by atoms with E-state index in [-0.39, 0.29) is 76.2 Å². The van der Waals surface area contributed by atoms with Gasteiger partial charge in [0.25, 0.3) is 0 Å². The molecule has 7 rings (SSSR count). The van der Waals surface area contributed by atoms with Crippen LogP contribution in [0.3, 0.4) is 0 Å². The monoisotopic (exact) mass is 1000 g/mol. The first-order valence-corrected chi connectivity index (χ1v) is 27.3. The second-order valence-corrected chi connectivity index (χ2v) is 20.1. The molecule has 2 N–H and O–H groups in total. The van der Waals surface area contributed by atoms with Crippen molar-refractivity contribution in [2.24, 2.45) is 22.9 Å². The molecular formula is C61H80FN3O8. The van der Waals surface area contributed by atoms with Gasteiger partial charge < -0.3 is 34.0 Å². The molecule has 0 bridgehead atoms. The van der Waals surface area contributed by atoms with Crippen LogP contribution < -0.4 is 9.47 Å². The lowest BCUT2D eigenvalue weighted by Crippen LogP contribution is -2.70. The number of carbonyl (C=O) groups is 1. The molecule has 0 unspecified atom stereocenters. The molecule has 1 fully saturated rings. The van der Waals surface area contributed by atoms with Crippen molar-refractivity contribution < 1.29 is 43.2 Å². The SMILES string of the molecule is C=CCO[C@@]12Oc3ccc(OCc4cccc(C)n4)cc3[C@H]3[C@H](CCCCO)[C@@H](CCCCO)C=C(C(=NOCc4ccccc4)C[C@@H]1N(Cc1ccc(F)cc1)C(=O)OCCCCCCCCCCCC)[C@H]32. The van der Waals surface area contributed by atoms with Crippen LogP contribution >= 0.6 is 0 Å². The van der Waals surface area contributed by atoms with Crippen LogP contribution in [0.2, 0.25) is 0 Å². The first kappa shape index (κ1) is 55.2. The zero-order valence-corrected chi connectivity index (χ0v) is 43.4. The summed E-state index contributed by atoms with van der Waals surface area (Å²) in [6.45, 7) is 9.39. The number of nitrogens with zero attached hydrogens (tertiary/aromatic N) is 3. The van der Waals surface area contributed by atoms with Gasteiger partial charge in [-0.3, -0.25) is 9.88 Å². The Morgan fingerprint density at radius 3 is 2.29 bits per heavy atom. The number of unbranched alkanes of at least 4 members (excludes halogenated alkanes) is 11. The molecule has 3 aromatic carbocycles. The molecule has 2 heterocycles. The predicted octanol–water partition coefficient (Wildman–Crippen LogP) is 13.5. The van der Waals surface area contributed by atoms with Crippen molar-refractivity contribution in [1.29, 1.82) is 0 Å². The maximum Gasteiger partial charge on any atom is 0.410 e. The number of aromatic nitrogens is 1.